The number of carbonyl (C=O) groups excluding carboxylic acids is 1. The van der Waals surface area contributed by atoms with Crippen molar-refractivity contribution in [1.29, 1.82) is 0 Å². The van der Waals surface area contributed by atoms with Gasteiger partial charge in [0.2, 0.25) is 5.91 Å². The van der Waals surface area contributed by atoms with E-state index in [9.17, 15) is 4.79 Å². The van der Waals surface area contributed by atoms with Crippen LogP contribution in [0, 0.1) is 13.8 Å². The third-order valence-electron chi connectivity index (χ3n) is 4.65. The van der Waals surface area contributed by atoms with E-state index in [0.717, 1.165) is 21.5 Å². The Hall–Kier alpha value is -2.40. The molecule has 0 saturated heterocycles. The Balaban J connectivity index is 1.52. The molecular formula is C23H28N2O2S. The van der Waals surface area contributed by atoms with Crippen molar-refractivity contribution in [2.75, 3.05) is 11.9 Å². The van der Waals surface area contributed by atoms with Gasteiger partial charge < -0.3 is 10.1 Å². The highest BCUT2D eigenvalue weighted by molar-refractivity contribution is 7.22. The Kier molecular flexibility index (Phi) is 6.04. The first-order valence-electron chi connectivity index (χ1n) is 9.63. The van der Waals surface area contributed by atoms with Gasteiger partial charge in [0.1, 0.15) is 5.75 Å². The largest absolute Gasteiger partial charge is 0.493 e. The first kappa shape index (κ1) is 20.3. The van der Waals surface area contributed by atoms with Crippen LogP contribution in [0.5, 0.6) is 5.75 Å². The van der Waals surface area contributed by atoms with E-state index in [-0.39, 0.29) is 11.3 Å². The fourth-order valence-electron chi connectivity index (χ4n) is 2.90. The summed E-state index contributed by atoms with van der Waals surface area (Å²) in [6.45, 7) is 11.2. The number of benzene rings is 2. The molecule has 0 fully saturated rings. The number of fused-ring (bicyclic) bond motifs is 1. The van der Waals surface area contributed by atoms with Crippen molar-refractivity contribution in [3.63, 3.8) is 0 Å². The summed E-state index contributed by atoms with van der Waals surface area (Å²) in [5, 5.41) is 3.58. The number of thiazole rings is 1. The van der Waals surface area contributed by atoms with Gasteiger partial charge in [0.05, 0.1) is 16.8 Å². The van der Waals surface area contributed by atoms with Crippen LogP contribution in [-0.2, 0) is 10.2 Å². The van der Waals surface area contributed by atoms with E-state index in [1.54, 1.807) is 0 Å². The van der Waals surface area contributed by atoms with Crippen LogP contribution in [0.25, 0.3) is 10.2 Å². The maximum absolute atomic E-state index is 12.2. The van der Waals surface area contributed by atoms with Crippen molar-refractivity contribution in [3.8, 4) is 5.75 Å². The van der Waals surface area contributed by atoms with Gasteiger partial charge in [0, 0.05) is 6.42 Å². The van der Waals surface area contributed by atoms with Gasteiger partial charge in [0.15, 0.2) is 5.13 Å². The molecule has 1 heterocycles. The second-order valence-electron chi connectivity index (χ2n) is 8.22. The van der Waals surface area contributed by atoms with E-state index in [2.05, 4.69) is 55.3 Å². The summed E-state index contributed by atoms with van der Waals surface area (Å²) in [6, 6.07) is 12.5. The van der Waals surface area contributed by atoms with Gasteiger partial charge in [-0.1, -0.05) is 50.3 Å². The topological polar surface area (TPSA) is 51.2 Å². The molecule has 1 amide bonds. The van der Waals surface area contributed by atoms with Gasteiger partial charge in [-0.3, -0.25) is 4.79 Å². The fraction of sp³-hybridized carbons (Fsp3) is 0.391. The number of aryl methyl sites for hydroxylation is 2. The Morgan fingerprint density at radius 3 is 2.68 bits per heavy atom. The van der Waals surface area contributed by atoms with Crippen LogP contribution in [-0.4, -0.2) is 17.5 Å². The van der Waals surface area contributed by atoms with Crippen molar-refractivity contribution in [2.24, 2.45) is 0 Å². The predicted molar refractivity (Wildman–Crippen MR) is 118 cm³/mol. The molecule has 3 rings (SSSR count). The van der Waals surface area contributed by atoms with E-state index >= 15 is 0 Å². The van der Waals surface area contributed by atoms with Gasteiger partial charge in [0.25, 0.3) is 0 Å². The van der Waals surface area contributed by atoms with E-state index in [1.807, 2.05) is 26.0 Å². The molecule has 0 radical (unpaired) electrons. The number of aromatic nitrogens is 1. The Bertz CT molecular complexity index is 986. The normalized spacial score (nSPS) is 11.6. The lowest BCUT2D eigenvalue weighted by Gasteiger charge is -2.18. The Morgan fingerprint density at radius 1 is 1.14 bits per heavy atom. The quantitative estimate of drug-likeness (QED) is 0.519. The number of ether oxygens (including phenoxy) is 1. The average molecular weight is 397 g/mol. The highest BCUT2D eigenvalue weighted by Crippen LogP contribution is 2.31. The number of nitrogens with one attached hydrogen (secondary N) is 1. The minimum absolute atomic E-state index is 0.0281. The van der Waals surface area contributed by atoms with Gasteiger partial charge in [-0.25, -0.2) is 4.98 Å². The summed E-state index contributed by atoms with van der Waals surface area (Å²) >= 11 is 1.52. The highest BCUT2D eigenvalue weighted by atomic mass is 32.1. The number of nitrogens with zero attached hydrogens (tertiary/aromatic N) is 1. The zero-order valence-electron chi connectivity index (χ0n) is 17.3. The standard InChI is InChI=1S/C23H28N2O2S/c1-15-8-9-16(2)19(13-15)27-12-6-7-21(26)25-22-24-18-11-10-17(23(3,4)5)14-20(18)28-22/h8-11,13-14H,6-7,12H2,1-5H3,(H,24,25,26). The molecule has 0 aliphatic heterocycles. The third kappa shape index (κ3) is 5.10. The van der Waals surface area contributed by atoms with Crippen LogP contribution < -0.4 is 10.1 Å². The number of anilines is 1. The molecule has 4 nitrogen and oxygen atoms in total. The van der Waals surface area contributed by atoms with Crippen molar-refractivity contribution in [2.45, 2.75) is 52.9 Å². The van der Waals surface area contributed by atoms with Gasteiger partial charge >= 0.3 is 0 Å². The van der Waals surface area contributed by atoms with Crippen molar-refractivity contribution < 1.29 is 9.53 Å². The molecule has 0 aliphatic rings. The lowest BCUT2D eigenvalue weighted by molar-refractivity contribution is -0.116. The monoisotopic (exact) mass is 396 g/mol. The van der Waals surface area contributed by atoms with Crippen LogP contribution in [0.1, 0.15) is 50.3 Å². The third-order valence-corrected chi connectivity index (χ3v) is 5.58. The lowest BCUT2D eigenvalue weighted by Crippen LogP contribution is -2.12. The molecule has 0 spiro atoms. The van der Waals surface area contributed by atoms with Crippen LogP contribution in [0.2, 0.25) is 0 Å². The maximum atomic E-state index is 12.2. The van der Waals surface area contributed by atoms with E-state index in [0.29, 0.717) is 24.6 Å². The predicted octanol–water partition coefficient (Wildman–Crippen LogP) is 6.01. The molecule has 1 aromatic heterocycles. The first-order chi connectivity index (χ1) is 13.2. The molecule has 0 unspecified atom stereocenters. The van der Waals surface area contributed by atoms with Gasteiger partial charge in [-0.2, -0.15) is 0 Å². The van der Waals surface area contributed by atoms with Crippen LogP contribution >= 0.6 is 11.3 Å². The fourth-order valence-corrected chi connectivity index (χ4v) is 3.83. The van der Waals surface area contributed by atoms with Gasteiger partial charge in [-0.15, -0.1) is 0 Å². The summed E-state index contributed by atoms with van der Waals surface area (Å²) in [5.41, 5.74) is 4.57. The van der Waals surface area contributed by atoms with E-state index in [4.69, 9.17) is 4.74 Å². The summed E-state index contributed by atoms with van der Waals surface area (Å²) in [6.07, 6.45) is 1.08. The minimum atomic E-state index is -0.0281. The van der Waals surface area contributed by atoms with Gasteiger partial charge in [-0.05, 0) is 60.6 Å². The highest BCUT2D eigenvalue weighted by Gasteiger charge is 2.15. The molecule has 0 atom stereocenters. The number of hydrogen-bond donors (Lipinski definition) is 1. The number of carbonyl (C=O) groups is 1. The molecule has 28 heavy (non-hydrogen) atoms. The number of hydrogen-bond acceptors (Lipinski definition) is 4. The van der Waals surface area contributed by atoms with Crippen molar-refractivity contribution in [1.82, 2.24) is 4.98 Å². The van der Waals surface area contributed by atoms with E-state index < -0.39 is 0 Å². The maximum Gasteiger partial charge on any atom is 0.226 e. The molecule has 3 aromatic rings. The number of amides is 1. The summed E-state index contributed by atoms with van der Waals surface area (Å²) < 4.78 is 6.92. The summed E-state index contributed by atoms with van der Waals surface area (Å²) in [7, 11) is 0. The smallest absolute Gasteiger partial charge is 0.226 e. The second-order valence-corrected chi connectivity index (χ2v) is 9.25. The molecular weight excluding hydrogens is 368 g/mol. The minimum Gasteiger partial charge on any atom is -0.493 e. The molecule has 5 heteroatoms. The molecule has 0 bridgehead atoms. The lowest BCUT2D eigenvalue weighted by atomic mass is 9.87. The first-order valence-corrected chi connectivity index (χ1v) is 10.4. The van der Waals surface area contributed by atoms with Crippen LogP contribution in [0.3, 0.4) is 0 Å². The number of rotatable bonds is 6. The Morgan fingerprint density at radius 2 is 1.93 bits per heavy atom. The summed E-state index contributed by atoms with van der Waals surface area (Å²) in [4.78, 5) is 16.8. The average Bonchev–Trinajstić information content (AvgIpc) is 3.02. The summed E-state index contributed by atoms with van der Waals surface area (Å²) in [5.74, 6) is 0.862. The molecule has 2 aromatic carbocycles. The molecule has 0 aliphatic carbocycles. The molecule has 1 N–H and O–H groups in total. The second kappa shape index (κ2) is 8.31. The van der Waals surface area contributed by atoms with Crippen LogP contribution in [0.15, 0.2) is 36.4 Å². The SMILES string of the molecule is Cc1ccc(C)c(OCCCC(=O)Nc2nc3ccc(C(C)(C)C)cc3s2)c1. The van der Waals surface area contributed by atoms with Crippen molar-refractivity contribution in [3.05, 3.63) is 53.1 Å². The van der Waals surface area contributed by atoms with Crippen molar-refractivity contribution >= 4 is 32.6 Å². The molecule has 148 valence electrons. The Labute approximate surface area is 171 Å². The zero-order chi connectivity index (χ0) is 20.3. The zero-order valence-corrected chi connectivity index (χ0v) is 18.1. The van der Waals surface area contributed by atoms with E-state index in [1.165, 1.54) is 22.5 Å². The molecule has 0 saturated carbocycles. The van der Waals surface area contributed by atoms with Crippen LogP contribution in [0.4, 0.5) is 5.13 Å².